The molecular formula is C17H24O. The molecule has 0 aliphatic carbocycles. The zero-order valence-electron chi connectivity index (χ0n) is 12.4. The third kappa shape index (κ3) is 4.84. The van der Waals surface area contributed by atoms with Crippen LogP contribution >= 0.6 is 0 Å². The molecule has 0 radical (unpaired) electrons. The van der Waals surface area contributed by atoms with E-state index in [4.69, 9.17) is 4.74 Å². The van der Waals surface area contributed by atoms with Gasteiger partial charge in [0.15, 0.2) is 0 Å². The molecule has 0 atom stereocenters. The van der Waals surface area contributed by atoms with E-state index < -0.39 is 0 Å². The fourth-order valence-corrected chi connectivity index (χ4v) is 1.63. The minimum Gasteiger partial charge on any atom is -0.481 e. The van der Waals surface area contributed by atoms with Gasteiger partial charge in [0.25, 0.3) is 0 Å². The molecule has 0 amide bonds. The zero-order valence-corrected chi connectivity index (χ0v) is 12.4. The van der Waals surface area contributed by atoms with E-state index in [9.17, 15) is 0 Å². The largest absolute Gasteiger partial charge is 0.481 e. The van der Waals surface area contributed by atoms with E-state index in [1.54, 1.807) is 0 Å². The summed E-state index contributed by atoms with van der Waals surface area (Å²) in [6.45, 7) is 13.3. The topological polar surface area (TPSA) is 9.23 Å². The van der Waals surface area contributed by atoms with Gasteiger partial charge in [-0.3, -0.25) is 0 Å². The quantitative estimate of drug-likeness (QED) is 0.700. The van der Waals surface area contributed by atoms with Gasteiger partial charge >= 0.3 is 0 Å². The molecule has 0 aromatic heterocycles. The second kappa shape index (κ2) is 5.48. The van der Waals surface area contributed by atoms with Gasteiger partial charge in [0.05, 0.1) is 0 Å². The fraction of sp³-hybridized carbons (Fsp3) is 0.529. The Bertz CT molecular complexity index is 447. The van der Waals surface area contributed by atoms with Gasteiger partial charge in [-0.2, -0.15) is 0 Å². The first-order valence-electron chi connectivity index (χ1n) is 6.42. The average Bonchev–Trinajstić information content (AvgIpc) is 2.22. The highest BCUT2D eigenvalue weighted by Gasteiger charge is 2.17. The molecule has 0 aliphatic heterocycles. The molecular weight excluding hydrogens is 220 g/mol. The maximum atomic E-state index is 5.79. The number of hydrogen-bond acceptors (Lipinski definition) is 1. The summed E-state index contributed by atoms with van der Waals surface area (Å²) in [6.07, 6.45) is 0. The lowest BCUT2D eigenvalue weighted by molar-refractivity contribution is 0.357. The van der Waals surface area contributed by atoms with Crippen molar-refractivity contribution in [2.75, 3.05) is 6.61 Å². The molecule has 0 unspecified atom stereocenters. The van der Waals surface area contributed by atoms with Gasteiger partial charge in [-0.25, -0.2) is 0 Å². The highest BCUT2D eigenvalue weighted by atomic mass is 16.5. The Morgan fingerprint density at radius 3 is 2.17 bits per heavy atom. The van der Waals surface area contributed by atoms with E-state index in [0.29, 0.717) is 6.61 Å². The molecule has 1 aromatic carbocycles. The molecule has 1 aromatic rings. The van der Waals surface area contributed by atoms with Crippen molar-refractivity contribution < 1.29 is 4.74 Å². The van der Waals surface area contributed by atoms with Gasteiger partial charge in [0.2, 0.25) is 0 Å². The first-order chi connectivity index (χ1) is 8.20. The fourth-order valence-electron chi connectivity index (χ4n) is 1.63. The molecule has 0 N–H and O–H groups in total. The number of ether oxygens (including phenoxy) is 1. The summed E-state index contributed by atoms with van der Waals surface area (Å²) in [7, 11) is 0. The maximum absolute atomic E-state index is 5.79. The highest BCUT2D eigenvalue weighted by molar-refractivity contribution is 5.38. The van der Waals surface area contributed by atoms with Crippen molar-refractivity contribution in [1.82, 2.24) is 0 Å². The van der Waals surface area contributed by atoms with Crippen LogP contribution in [0.1, 0.15) is 47.1 Å². The van der Waals surface area contributed by atoms with Crippen LogP contribution in [-0.4, -0.2) is 6.61 Å². The molecule has 0 saturated heterocycles. The summed E-state index contributed by atoms with van der Waals surface area (Å²) in [5.74, 6) is 7.19. The Kier molecular flexibility index (Phi) is 4.46. The summed E-state index contributed by atoms with van der Waals surface area (Å²) in [5, 5.41) is 0. The van der Waals surface area contributed by atoms with Crippen LogP contribution in [0.2, 0.25) is 0 Å². The van der Waals surface area contributed by atoms with Gasteiger partial charge in [-0.1, -0.05) is 50.8 Å². The number of para-hydroxylation sites is 1. The van der Waals surface area contributed by atoms with Crippen molar-refractivity contribution in [3.05, 3.63) is 29.8 Å². The lowest BCUT2D eigenvalue weighted by Crippen LogP contribution is -2.13. The first kappa shape index (κ1) is 14.6. The van der Waals surface area contributed by atoms with Crippen LogP contribution in [0.15, 0.2) is 24.3 Å². The molecule has 98 valence electrons. The second-order valence-electron chi connectivity index (χ2n) is 6.59. The minimum absolute atomic E-state index is 0.0346. The lowest BCUT2D eigenvalue weighted by atomic mass is 9.86. The average molecular weight is 244 g/mol. The Hall–Kier alpha value is -1.42. The van der Waals surface area contributed by atoms with Crippen molar-refractivity contribution >= 4 is 0 Å². The SMILES string of the molecule is CC(C)(C)C#CCOc1ccccc1C(C)(C)C. The van der Waals surface area contributed by atoms with Crippen LogP contribution < -0.4 is 4.74 Å². The van der Waals surface area contributed by atoms with Gasteiger partial charge in [0.1, 0.15) is 12.4 Å². The van der Waals surface area contributed by atoms with Crippen molar-refractivity contribution in [3.8, 4) is 17.6 Å². The predicted octanol–water partition coefficient (Wildman–Crippen LogP) is 4.41. The van der Waals surface area contributed by atoms with E-state index in [1.807, 2.05) is 18.2 Å². The van der Waals surface area contributed by atoms with E-state index in [2.05, 4.69) is 59.4 Å². The van der Waals surface area contributed by atoms with Gasteiger partial charge in [-0.05, 0) is 37.8 Å². The molecule has 1 rings (SSSR count). The highest BCUT2D eigenvalue weighted by Crippen LogP contribution is 2.30. The molecule has 0 aliphatic rings. The van der Waals surface area contributed by atoms with Gasteiger partial charge in [0, 0.05) is 5.41 Å². The normalized spacial score (nSPS) is 11.7. The summed E-state index contributed by atoms with van der Waals surface area (Å²) in [4.78, 5) is 0. The Labute approximate surface area is 112 Å². The molecule has 0 spiro atoms. The Morgan fingerprint density at radius 1 is 1.00 bits per heavy atom. The zero-order chi connectivity index (χ0) is 13.8. The monoisotopic (exact) mass is 244 g/mol. The van der Waals surface area contributed by atoms with Crippen LogP contribution in [0.3, 0.4) is 0 Å². The predicted molar refractivity (Wildman–Crippen MR) is 77.9 cm³/mol. The number of hydrogen-bond donors (Lipinski definition) is 0. The standard InChI is InChI=1S/C17H24O/c1-16(2,3)12-9-13-18-15-11-8-7-10-14(15)17(4,5)6/h7-8,10-11H,13H2,1-6H3. The Balaban J connectivity index is 2.77. The van der Waals surface area contributed by atoms with Crippen LogP contribution in [-0.2, 0) is 5.41 Å². The van der Waals surface area contributed by atoms with E-state index >= 15 is 0 Å². The van der Waals surface area contributed by atoms with Crippen LogP contribution in [0.4, 0.5) is 0 Å². The summed E-state index contributed by atoms with van der Waals surface area (Å²) in [6, 6.07) is 8.18. The molecule has 0 fully saturated rings. The number of rotatable bonds is 2. The van der Waals surface area contributed by atoms with E-state index in [-0.39, 0.29) is 10.8 Å². The maximum Gasteiger partial charge on any atom is 0.149 e. The van der Waals surface area contributed by atoms with E-state index in [1.165, 1.54) is 5.56 Å². The third-order valence-electron chi connectivity index (χ3n) is 2.46. The van der Waals surface area contributed by atoms with Gasteiger partial charge < -0.3 is 4.74 Å². The summed E-state index contributed by atoms with van der Waals surface area (Å²) < 4.78 is 5.79. The van der Waals surface area contributed by atoms with Crippen molar-refractivity contribution in [2.24, 2.45) is 5.41 Å². The smallest absolute Gasteiger partial charge is 0.149 e. The molecule has 1 nitrogen and oxygen atoms in total. The molecule has 18 heavy (non-hydrogen) atoms. The first-order valence-corrected chi connectivity index (χ1v) is 6.42. The second-order valence-corrected chi connectivity index (χ2v) is 6.59. The Morgan fingerprint density at radius 2 is 1.61 bits per heavy atom. The van der Waals surface area contributed by atoms with Crippen molar-refractivity contribution in [1.29, 1.82) is 0 Å². The van der Waals surface area contributed by atoms with Crippen LogP contribution in [0, 0.1) is 17.3 Å². The third-order valence-corrected chi connectivity index (χ3v) is 2.46. The lowest BCUT2D eigenvalue weighted by Gasteiger charge is -2.22. The number of benzene rings is 1. The summed E-state index contributed by atoms with van der Waals surface area (Å²) >= 11 is 0. The van der Waals surface area contributed by atoms with Crippen molar-refractivity contribution in [3.63, 3.8) is 0 Å². The molecule has 0 heterocycles. The molecule has 0 saturated carbocycles. The minimum atomic E-state index is 0.0346. The van der Waals surface area contributed by atoms with Gasteiger partial charge in [-0.15, -0.1) is 0 Å². The van der Waals surface area contributed by atoms with Crippen LogP contribution in [0.5, 0.6) is 5.75 Å². The van der Waals surface area contributed by atoms with Crippen molar-refractivity contribution in [2.45, 2.75) is 47.0 Å². The molecule has 0 bridgehead atoms. The van der Waals surface area contributed by atoms with E-state index in [0.717, 1.165) is 5.75 Å². The molecule has 1 heteroatoms. The van der Waals surface area contributed by atoms with Crippen LogP contribution in [0.25, 0.3) is 0 Å². The summed E-state index contributed by atoms with van der Waals surface area (Å²) in [5.41, 5.74) is 1.35.